The van der Waals surface area contributed by atoms with E-state index >= 15 is 0 Å². The Kier molecular flexibility index (Phi) is 3.19. The first-order valence-corrected chi connectivity index (χ1v) is 6.02. The minimum atomic E-state index is 0.132. The van der Waals surface area contributed by atoms with Gasteiger partial charge in [-0.05, 0) is 19.3 Å². The van der Waals surface area contributed by atoms with E-state index in [2.05, 4.69) is 11.8 Å². The molecule has 0 N–H and O–H groups in total. The second-order valence-electron chi connectivity index (χ2n) is 4.69. The first-order valence-electron chi connectivity index (χ1n) is 6.02. The molecule has 0 spiro atoms. The van der Waals surface area contributed by atoms with E-state index in [0.29, 0.717) is 18.0 Å². The van der Waals surface area contributed by atoms with Gasteiger partial charge in [0.05, 0.1) is 6.04 Å². The predicted octanol–water partition coefficient (Wildman–Crippen LogP) is 1.41. The lowest BCUT2D eigenvalue weighted by molar-refractivity contribution is -0.130. The number of hydrogen-bond donors (Lipinski definition) is 0. The molecule has 2 rings (SSSR count). The number of carbonyl (C=O) groups excluding carboxylic acids is 2. The van der Waals surface area contributed by atoms with E-state index in [0.717, 1.165) is 38.8 Å². The monoisotopic (exact) mass is 209 g/mol. The average Bonchev–Trinajstić information content (AvgIpc) is 2.65. The molecule has 1 aliphatic heterocycles. The molecule has 2 aliphatic rings. The van der Waals surface area contributed by atoms with Crippen LogP contribution in [0.3, 0.4) is 0 Å². The second-order valence-corrected chi connectivity index (χ2v) is 4.69. The Morgan fingerprint density at radius 3 is 2.67 bits per heavy atom. The molecule has 0 aromatic carbocycles. The van der Waals surface area contributed by atoms with E-state index in [9.17, 15) is 9.59 Å². The van der Waals surface area contributed by atoms with Gasteiger partial charge >= 0.3 is 0 Å². The van der Waals surface area contributed by atoms with Gasteiger partial charge in [0.1, 0.15) is 11.6 Å². The van der Waals surface area contributed by atoms with Crippen molar-refractivity contribution in [3.8, 4) is 0 Å². The summed E-state index contributed by atoms with van der Waals surface area (Å²) in [4.78, 5) is 25.4. The highest BCUT2D eigenvalue weighted by Gasteiger charge is 2.35. The maximum Gasteiger partial charge on any atom is 0.149 e. The number of piperidine rings is 1. The van der Waals surface area contributed by atoms with Crippen molar-refractivity contribution in [2.24, 2.45) is 5.92 Å². The molecule has 2 atom stereocenters. The van der Waals surface area contributed by atoms with E-state index in [1.807, 2.05) is 0 Å². The standard InChI is InChI=1S/C12H19NO2/c1-2-9-8-13(7-6-11(9)14)10-4-3-5-12(10)15/h9-10H,2-8H2,1H3. The quantitative estimate of drug-likeness (QED) is 0.690. The normalized spacial score (nSPS) is 33.7. The fraction of sp³-hybridized carbons (Fsp3) is 0.833. The van der Waals surface area contributed by atoms with Crippen LogP contribution >= 0.6 is 0 Å². The Labute approximate surface area is 90.8 Å². The van der Waals surface area contributed by atoms with Gasteiger partial charge in [0.15, 0.2) is 0 Å². The molecule has 1 saturated carbocycles. The molecule has 84 valence electrons. The number of carbonyl (C=O) groups is 2. The highest BCUT2D eigenvalue weighted by Crippen LogP contribution is 2.25. The lowest BCUT2D eigenvalue weighted by Gasteiger charge is -2.34. The van der Waals surface area contributed by atoms with Crippen molar-refractivity contribution in [3.05, 3.63) is 0 Å². The molecular weight excluding hydrogens is 190 g/mol. The Hall–Kier alpha value is -0.700. The summed E-state index contributed by atoms with van der Waals surface area (Å²) in [5, 5.41) is 0. The van der Waals surface area contributed by atoms with Crippen molar-refractivity contribution in [3.63, 3.8) is 0 Å². The van der Waals surface area contributed by atoms with Crippen LogP contribution in [0.15, 0.2) is 0 Å². The van der Waals surface area contributed by atoms with Crippen LogP contribution in [0.25, 0.3) is 0 Å². The number of hydrogen-bond acceptors (Lipinski definition) is 3. The summed E-state index contributed by atoms with van der Waals surface area (Å²) in [6.07, 6.45) is 4.33. The van der Waals surface area contributed by atoms with Crippen molar-refractivity contribution < 1.29 is 9.59 Å². The third-order valence-electron chi connectivity index (χ3n) is 3.76. The third kappa shape index (κ3) is 2.12. The van der Waals surface area contributed by atoms with Crippen molar-refractivity contribution >= 4 is 11.6 Å². The average molecular weight is 209 g/mol. The summed E-state index contributed by atoms with van der Waals surface area (Å²) in [7, 11) is 0. The fourth-order valence-corrected chi connectivity index (χ4v) is 2.76. The molecule has 1 aliphatic carbocycles. The Morgan fingerprint density at radius 2 is 2.07 bits per heavy atom. The summed E-state index contributed by atoms with van der Waals surface area (Å²) in [6.45, 7) is 3.67. The van der Waals surface area contributed by atoms with E-state index in [4.69, 9.17) is 0 Å². The first-order chi connectivity index (χ1) is 7.22. The zero-order valence-electron chi connectivity index (χ0n) is 9.37. The van der Waals surface area contributed by atoms with Gasteiger partial charge in [0, 0.05) is 31.8 Å². The minimum absolute atomic E-state index is 0.132. The fourth-order valence-electron chi connectivity index (χ4n) is 2.76. The zero-order valence-corrected chi connectivity index (χ0v) is 9.37. The van der Waals surface area contributed by atoms with Gasteiger partial charge < -0.3 is 0 Å². The van der Waals surface area contributed by atoms with Gasteiger partial charge in [-0.1, -0.05) is 6.92 Å². The van der Waals surface area contributed by atoms with Crippen LogP contribution < -0.4 is 0 Å². The number of nitrogens with zero attached hydrogens (tertiary/aromatic N) is 1. The van der Waals surface area contributed by atoms with Crippen molar-refractivity contribution in [2.45, 2.75) is 45.1 Å². The number of Topliss-reactive ketones (excluding diaryl/α,β-unsaturated/α-hetero) is 2. The number of likely N-dealkylation sites (tertiary alicyclic amines) is 1. The molecule has 0 aromatic rings. The van der Waals surface area contributed by atoms with Crippen LogP contribution in [0, 0.1) is 5.92 Å². The smallest absolute Gasteiger partial charge is 0.149 e. The maximum absolute atomic E-state index is 11.6. The Balaban J connectivity index is 1.99. The highest BCUT2D eigenvalue weighted by molar-refractivity contribution is 5.87. The van der Waals surface area contributed by atoms with E-state index in [-0.39, 0.29) is 12.0 Å². The van der Waals surface area contributed by atoms with Gasteiger partial charge in [-0.2, -0.15) is 0 Å². The summed E-state index contributed by atoms with van der Waals surface area (Å²) >= 11 is 0. The third-order valence-corrected chi connectivity index (χ3v) is 3.76. The van der Waals surface area contributed by atoms with Crippen LogP contribution in [0.1, 0.15) is 39.0 Å². The van der Waals surface area contributed by atoms with Gasteiger partial charge in [-0.3, -0.25) is 14.5 Å². The highest BCUT2D eigenvalue weighted by atomic mass is 16.1. The molecule has 0 radical (unpaired) electrons. The van der Waals surface area contributed by atoms with Crippen LogP contribution in [-0.2, 0) is 9.59 Å². The van der Waals surface area contributed by atoms with E-state index < -0.39 is 0 Å². The molecule has 0 bridgehead atoms. The van der Waals surface area contributed by atoms with Crippen molar-refractivity contribution in [1.29, 1.82) is 0 Å². The van der Waals surface area contributed by atoms with Gasteiger partial charge in [-0.15, -0.1) is 0 Å². The predicted molar refractivity (Wildman–Crippen MR) is 57.6 cm³/mol. The maximum atomic E-state index is 11.6. The molecule has 2 fully saturated rings. The topological polar surface area (TPSA) is 37.4 Å². The van der Waals surface area contributed by atoms with Crippen LogP contribution in [0.4, 0.5) is 0 Å². The van der Waals surface area contributed by atoms with Crippen LogP contribution in [0.2, 0.25) is 0 Å². The summed E-state index contributed by atoms with van der Waals surface area (Å²) in [6, 6.07) is 0.132. The number of rotatable bonds is 2. The lowest BCUT2D eigenvalue weighted by atomic mass is 9.93. The van der Waals surface area contributed by atoms with Crippen LogP contribution in [0.5, 0.6) is 0 Å². The minimum Gasteiger partial charge on any atom is -0.299 e. The SMILES string of the molecule is CCC1CN(C2CCCC2=O)CCC1=O. The number of ketones is 2. The summed E-state index contributed by atoms with van der Waals surface area (Å²) in [5.74, 6) is 0.950. The zero-order chi connectivity index (χ0) is 10.8. The van der Waals surface area contributed by atoms with Gasteiger partial charge in [-0.25, -0.2) is 0 Å². The molecule has 1 saturated heterocycles. The first kappa shape index (κ1) is 10.8. The van der Waals surface area contributed by atoms with Crippen LogP contribution in [-0.4, -0.2) is 35.6 Å². The lowest BCUT2D eigenvalue weighted by Crippen LogP contribution is -2.47. The van der Waals surface area contributed by atoms with Gasteiger partial charge in [0.25, 0.3) is 0 Å². The molecule has 15 heavy (non-hydrogen) atoms. The van der Waals surface area contributed by atoms with E-state index in [1.54, 1.807) is 0 Å². The molecule has 0 amide bonds. The van der Waals surface area contributed by atoms with Crippen molar-refractivity contribution in [2.75, 3.05) is 13.1 Å². The van der Waals surface area contributed by atoms with Crippen molar-refractivity contribution in [1.82, 2.24) is 4.90 Å². The second kappa shape index (κ2) is 4.44. The molecule has 1 heterocycles. The summed E-state index contributed by atoms with van der Waals surface area (Å²) in [5.41, 5.74) is 0. The summed E-state index contributed by atoms with van der Waals surface area (Å²) < 4.78 is 0. The van der Waals surface area contributed by atoms with Gasteiger partial charge in [0.2, 0.25) is 0 Å². The largest absolute Gasteiger partial charge is 0.299 e. The molecule has 3 nitrogen and oxygen atoms in total. The molecular formula is C12H19NO2. The van der Waals surface area contributed by atoms with E-state index in [1.165, 1.54) is 0 Å². The molecule has 0 aromatic heterocycles. The molecule has 2 unspecified atom stereocenters. The molecule has 3 heteroatoms. The Morgan fingerprint density at radius 1 is 1.27 bits per heavy atom. The Bertz CT molecular complexity index is 275.